The van der Waals surface area contributed by atoms with Crippen LogP contribution in [0.15, 0.2) is 40.2 Å². The Kier molecular flexibility index (Phi) is 6.93. The lowest BCUT2D eigenvalue weighted by Crippen LogP contribution is -2.54. The highest BCUT2D eigenvalue weighted by Crippen LogP contribution is 2.21. The number of carbonyl (C=O) groups is 3. The van der Waals surface area contributed by atoms with Crippen LogP contribution >= 0.6 is 27.3 Å². The second-order valence-corrected chi connectivity index (χ2v) is 8.57. The highest BCUT2D eigenvalue weighted by atomic mass is 79.9. The Morgan fingerprint density at radius 3 is 2.15 bits per heavy atom. The van der Waals surface area contributed by atoms with Crippen molar-refractivity contribution >= 4 is 45.0 Å². The fourth-order valence-electron chi connectivity index (χ4n) is 2.16. The summed E-state index contributed by atoms with van der Waals surface area (Å²) >= 11 is 4.54. The average molecular weight is 438 g/mol. The van der Waals surface area contributed by atoms with E-state index in [1.54, 1.807) is 24.3 Å². The molecule has 0 aliphatic rings. The van der Waals surface area contributed by atoms with Gasteiger partial charge >= 0.3 is 0 Å². The lowest BCUT2D eigenvalue weighted by atomic mass is 10.0. The fraction of sp³-hybridized carbons (Fsp3) is 0.278. The van der Waals surface area contributed by atoms with Crippen molar-refractivity contribution in [2.45, 2.75) is 26.8 Å². The molecule has 2 rings (SSSR count). The van der Waals surface area contributed by atoms with E-state index in [9.17, 15) is 14.4 Å². The summed E-state index contributed by atoms with van der Waals surface area (Å²) in [5, 5.41) is 2.71. The van der Waals surface area contributed by atoms with Gasteiger partial charge in [0.2, 0.25) is 0 Å². The number of hydrogen-bond donors (Lipinski definition) is 3. The van der Waals surface area contributed by atoms with Gasteiger partial charge in [0, 0.05) is 5.56 Å². The third-order valence-corrected chi connectivity index (χ3v) is 5.27. The monoisotopic (exact) mass is 437 g/mol. The summed E-state index contributed by atoms with van der Waals surface area (Å²) < 4.78 is 0.819. The Bertz CT molecular complexity index is 802. The van der Waals surface area contributed by atoms with Crippen LogP contribution in [-0.4, -0.2) is 23.8 Å². The average Bonchev–Trinajstić information content (AvgIpc) is 3.04. The first kappa shape index (κ1) is 20.1. The zero-order chi connectivity index (χ0) is 19.3. The molecule has 0 fully saturated rings. The summed E-state index contributed by atoms with van der Waals surface area (Å²) in [7, 11) is 0. The van der Waals surface area contributed by atoms with E-state index >= 15 is 0 Å². The van der Waals surface area contributed by atoms with Gasteiger partial charge in [-0.2, -0.15) is 0 Å². The van der Waals surface area contributed by atoms with E-state index in [-0.39, 0.29) is 11.8 Å². The molecule has 1 atom stereocenters. The molecule has 2 aromatic rings. The highest BCUT2D eigenvalue weighted by Gasteiger charge is 2.25. The van der Waals surface area contributed by atoms with Gasteiger partial charge in [0.05, 0.1) is 8.66 Å². The number of nitrogens with one attached hydrogen (secondary N) is 3. The summed E-state index contributed by atoms with van der Waals surface area (Å²) in [6.07, 6.45) is 0. The third-order valence-electron chi connectivity index (χ3n) is 3.65. The zero-order valence-electron chi connectivity index (χ0n) is 14.6. The van der Waals surface area contributed by atoms with E-state index in [4.69, 9.17) is 0 Å². The zero-order valence-corrected chi connectivity index (χ0v) is 17.0. The van der Waals surface area contributed by atoms with E-state index < -0.39 is 17.9 Å². The summed E-state index contributed by atoms with van der Waals surface area (Å²) in [6, 6.07) is 9.69. The van der Waals surface area contributed by atoms with Crippen molar-refractivity contribution in [1.29, 1.82) is 0 Å². The quantitative estimate of drug-likeness (QED) is 0.628. The Morgan fingerprint density at radius 2 is 1.62 bits per heavy atom. The van der Waals surface area contributed by atoms with Crippen LogP contribution in [0.1, 0.15) is 39.4 Å². The molecule has 6 nitrogen and oxygen atoms in total. The number of thiophene rings is 1. The van der Waals surface area contributed by atoms with Gasteiger partial charge in [0.1, 0.15) is 6.04 Å². The van der Waals surface area contributed by atoms with Gasteiger partial charge in [-0.05, 0) is 53.0 Å². The first-order valence-electron chi connectivity index (χ1n) is 8.01. The second kappa shape index (κ2) is 8.95. The van der Waals surface area contributed by atoms with Gasteiger partial charge < -0.3 is 5.32 Å². The van der Waals surface area contributed by atoms with Crippen molar-refractivity contribution in [3.8, 4) is 0 Å². The van der Waals surface area contributed by atoms with Crippen LogP contribution < -0.4 is 16.2 Å². The van der Waals surface area contributed by atoms with Gasteiger partial charge in [-0.1, -0.05) is 31.5 Å². The third kappa shape index (κ3) is 5.40. The molecule has 26 heavy (non-hydrogen) atoms. The van der Waals surface area contributed by atoms with E-state index in [1.807, 2.05) is 32.9 Å². The lowest BCUT2D eigenvalue weighted by Gasteiger charge is -2.21. The van der Waals surface area contributed by atoms with Crippen molar-refractivity contribution in [1.82, 2.24) is 16.2 Å². The number of benzene rings is 1. The van der Waals surface area contributed by atoms with E-state index in [1.165, 1.54) is 11.3 Å². The standard InChI is InChI=1S/C18H20BrN3O3S/c1-10(2)15(20-16(23)12-6-4-11(3)5-7-12)18(25)22-21-17(24)13-8-9-14(19)26-13/h4-10,15H,1-3H3,(H,20,23)(H,21,24)(H,22,25)/t15-/m0/s1. The molecular weight excluding hydrogens is 418 g/mol. The van der Waals surface area contributed by atoms with Crippen LogP contribution in [-0.2, 0) is 4.79 Å². The predicted molar refractivity (Wildman–Crippen MR) is 105 cm³/mol. The molecule has 0 aliphatic heterocycles. The number of carbonyl (C=O) groups excluding carboxylic acids is 3. The van der Waals surface area contributed by atoms with Crippen molar-refractivity contribution in [3.63, 3.8) is 0 Å². The van der Waals surface area contributed by atoms with Crippen LogP contribution in [0.25, 0.3) is 0 Å². The Labute approximate surface area is 164 Å². The molecule has 0 spiro atoms. The van der Waals surface area contributed by atoms with Gasteiger partial charge in [-0.25, -0.2) is 0 Å². The fourth-order valence-corrected chi connectivity index (χ4v) is 3.44. The van der Waals surface area contributed by atoms with Crippen molar-refractivity contribution < 1.29 is 14.4 Å². The molecule has 0 bridgehead atoms. The van der Waals surface area contributed by atoms with E-state index in [0.717, 1.165) is 9.35 Å². The molecule has 0 saturated carbocycles. The van der Waals surface area contributed by atoms with Crippen LogP contribution in [0.3, 0.4) is 0 Å². The lowest BCUT2D eigenvalue weighted by molar-refractivity contribution is -0.124. The van der Waals surface area contributed by atoms with Crippen LogP contribution in [0.5, 0.6) is 0 Å². The van der Waals surface area contributed by atoms with Crippen molar-refractivity contribution in [2.24, 2.45) is 5.92 Å². The van der Waals surface area contributed by atoms with Gasteiger partial charge in [-0.3, -0.25) is 25.2 Å². The maximum Gasteiger partial charge on any atom is 0.279 e. The largest absolute Gasteiger partial charge is 0.340 e. The molecule has 1 aromatic heterocycles. The predicted octanol–water partition coefficient (Wildman–Crippen LogP) is 3.03. The number of amides is 3. The molecule has 8 heteroatoms. The number of aryl methyl sites for hydroxylation is 1. The molecule has 3 amide bonds. The number of rotatable bonds is 5. The normalized spacial score (nSPS) is 11.7. The van der Waals surface area contributed by atoms with E-state index in [2.05, 4.69) is 32.1 Å². The highest BCUT2D eigenvalue weighted by molar-refractivity contribution is 9.11. The second-order valence-electron chi connectivity index (χ2n) is 6.11. The number of hydrazine groups is 1. The smallest absolute Gasteiger partial charge is 0.279 e. The van der Waals surface area contributed by atoms with Crippen LogP contribution in [0.2, 0.25) is 0 Å². The number of halogens is 1. The minimum atomic E-state index is -0.779. The first-order valence-corrected chi connectivity index (χ1v) is 9.62. The van der Waals surface area contributed by atoms with E-state index in [0.29, 0.717) is 10.4 Å². The minimum Gasteiger partial charge on any atom is -0.340 e. The van der Waals surface area contributed by atoms with Gasteiger partial charge in [-0.15, -0.1) is 11.3 Å². The summed E-state index contributed by atoms with van der Waals surface area (Å²) in [5.74, 6) is -1.39. The maximum atomic E-state index is 12.4. The van der Waals surface area contributed by atoms with Gasteiger partial charge in [0.15, 0.2) is 0 Å². The minimum absolute atomic E-state index is 0.155. The summed E-state index contributed by atoms with van der Waals surface area (Å²) in [5.41, 5.74) is 6.26. The molecule has 0 radical (unpaired) electrons. The maximum absolute atomic E-state index is 12.4. The molecule has 0 saturated heterocycles. The SMILES string of the molecule is Cc1ccc(C(=O)N[C@H](C(=O)NNC(=O)c2ccc(Br)s2)C(C)C)cc1. The molecule has 138 valence electrons. The summed E-state index contributed by atoms with van der Waals surface area (Å²) in [4.78, 5) is 37.2. The van der Waals surface area contributed by atoms with Crippen LogP contribution in [0, 0.1) is 12.8 Å². The Morgan fingerprint density at radius 1 is 0.962 bits per heavy atom. The number of hydrogen-bond acceptors (Lipinski definition) is 4. The Hall–Kier alpha value is -2.19. The molecule has 3 N–H and O–H groups in total. The molecule has 0 unspecified atom stereocenters. The van der Waals surface area contributed by atoms with Gasteiger partial charge in [0.25, 0.3) is 17.7 Å². The molecule has 1 aromatic carbocycles. The van der Waals surface area contributed by atoms with Crippen molar-refractivity contribution in [3.05, 3.63) is 56.2 Å². The molecule has 1 heterocycles. The molecule has 0 aliphatic carbocycles. The Balaban J connectivity index is 1.97. The van der Waals surface area contributed by atoms with Crippen LogP contribution in [0.4, 0.5) is 0 Å². The first-order chi connectivity index (χ1) is 12.3. The van der Waals surface area contributed by atoms with Crippen molar-refractivity contribution in [2.75, 3.05) is 0 Å². The summed E-state index contributed by atoms with van der Waals surface area (Å²) in [6.45, 7) is 5.57. The topological polar surface area (TPSA) is 87.3 Å². The molecular formula is C18H20BrN3O3S.